The summed E-state index contributed by atoms with van der Waals surface area (Å²) >= 11 is 0. The summed E-state index contributed by atoms with van der Waals surface area (Å²) in [7, 11) is 6.52. The molecule has 2 aliphatic rings. The Hall–Kier alpha value is -4.07. The summed E-state index contributed by atoms with van der Waals surface area (Å²) in [4.78, 5) is 12.5. The summed E-state index contributed by atoms with van der Waals surface area (Å²) in [5.41, 5.74) is 5.36. The molecule has 0 fully saturated rings. The molecule has 2 aliphatic carbocycles. The van der Waals surface area contributed by atoms with Crippen LogP contribution in [0.5, 0.6) is 28.7 Å². The molecule has 5 rings (SSSR count). The number of carbonyl (C=O) groups is 1. The molecule has 8 heteroatoms. The van der Waals surface area contributed by atoms with Gasteiger partial charge in [-0.1, -0.05) is 30.3 Å². The van der Waals surface area contributed by atoms with Gasteiger partial charge in [-0.2, -0.15) is 0 Å². The van der Waals surface area contributed by atoms with E-state index >= 15 is 0 Å². The molecule has 3 aromatic rings. The first-order chi connectivity index (χ1) is 19.5. The zero-order valence-corrected chi connectivity index (χ0v) is 23.7. The van der Waals surface area contributed by atoms with Crippen molar-refractivity contribution in [3.8, 4) is 28.7 Å². The van der Waals surface area contributed by atoms with Gasteiger partial charge in [-0.25, -0.2) is 4.79 Å². The average molecular weight is 549 g/mol. The summed E-state index contributed by atoms with van der Waals surface area (Å²) < 4.78 is 40.5. The van der Waals surface area contributed by atoms with Crippen molar-refractivity contribution in [3.63, 3.8) is 0 Å². The van der Waals surface area contributed by atoms with Crippen LogP contribution in [0.1, 0.15) is 59.4 Å². The van der Waals surface area contributed by atoms with Crippen LogP contribution < -0.4 is 23.7 Å². The highest BCUT2D eigenvalue weighted by Gasteiger charge is 2.43. The summed E-state index contributed by atoms with van der Waals surface area (Å²) in [6.45, 7) is 2.43. The van der Waals surface area contributed by atoms with Crippen molar-refractivity contribution in [2.75, 3.05) is 35.0 Å². The van der Waals surface area contributed by atoms with E-state index in [1.54, 1.807) is 35.4 Å². The van der Waals surface area contributed by atoms with Crippen molar-refractivity contribution in [2.45, 2.75) is 50.7 Å². The molecule has 2 bridgehead atoms. The Morgan fingerprint density at radius 3 is 2.20 bits per heavy atom. The predicted molar refractivity (Wildman–Crippen MR) is 149 cm³/mol. The molecule has 0 aromatic heterocycles. The number of hydrogen-bond acceptors (Lipinski definition) is 8. The summed E-state index contributed by atoms with van der Waals surface area (Å²) in [5, 5.41) is 0. The quantitative estimate of drug-likeness (QED) is 0.284. The number of hydrogen-bond donors (Lipinski definition) is 0. The van der Waals surface area contributed by atoms with E-state index in [4.69, 9.17) is 33.2 Å². The minimum atomic E-state index is -0.653. The first-order valence-corrected chi connectivity index (χ1v) is 13.6. The number of carbonyl (C=O) groups excluding carboxylic acids is 1. The Kier molecular flexibility index (Phi) is 8.24. The van der Waals surface area contributed by atoms with Crippen molar-refractivity contribution in [2.24, 2.45) is 0 Å². The van der Waals surface area contributed by atoms with Gasteiger partial charge in [0.05, 0.1) is 35.0 Å². The molecule has 0 saturated carbocycles. The van der Waals surface area contributed by atoms with E-state index in [9.17, 15) is 4.79 Å². The Labute approximate surface area is 235 Å². The summed E-state index contributed by atoms with van der Waals surface area (Å²) in [6.07, 6.45) is 0.968. The van der Waals surface area contributed by atoms with Gasteiger partial charge in [0.1, 0.15) is 12.7 Å². The maximum atomic E-state index is 12.5. The van der Waals surface area contributed by atoms with Gasteiger partial charge in [-0.05, 0) is 66.6 Å². The van der Waals surface area contributed by atoms with Gasteiger partial charge in [0.15, 0.2) is 23.0 Å². The minimum Gasteiger partial charge on any atom is -0.493 e. The van der Waals surface area contributed by atoms with E-state index < -0.39 is 6.16 Å². The fourth-order valence-corrected chi connectivity index (χ4v) is 6.09. The van der Waals surface area contributed by atoms with Crippen molar-refractivity contribution < 1.29 is 38.0 Å². The second kappa shape index (κ2) is 12.0. The molecule has 0 N–H and O–H groups in total. The largest absolute Gasteiger partial charge is 0.508 e. The predicted octanol–water partition coefficient (Wildman–Crippen LogP) is 6.41. The average Bonchev–Trinajstić information content (AvgIpc) is 2.97. The van der Waals surface area contributed by atoms with Crippen LogP contribution in [0.2, 0.25) is 0 Å². The van der Waals surface area contributed by atoms with Crippen molar-refractivity contribution in [1.29, 1.82) is 0 Å². The number of fused-ring (bicyclic) bond motifs is 2. The Balaban J connectivity index is 1.64. The Bertz CT molecular complexity index is 1350. The SMILES string of the molecule is CCOC(=O)OC1CC2c3cc(OC)c(OCc4ccccc4)cc3C1CCc1c2cc(OC)c(OC)c1OC. The van der Waals surface area contributed by atoms with E-state index in [-0.39, 0.29) is 24.5 Å². The number of ether oxygens (including phenoxy) is 7. The van der Waals surface area contributed by atoms with Crippen molar-refractivity contribution in [3.05, 3.63) is 76.3 Å². The third-order valence-corrected chi connectivity index (χ3v) is 7.86. The third kappa shape index (κ3) is 5.10. The van der Waals surface area contributed by atoms with Crippen LogP contribution in [-0.2, 0) is 22.5 Å². The first kappa shape index (κ1) is 27.5. The van der Waals surface area contributed by atoms with Gasteiger partial charge in [-0.3, -0.25) is 0 Å². The van der Waals surface area contributed by atoms with E-state index in [1.807, 2.05) is 36.4 Å². The van der Waals surface area contributed by atoms with Crippen LogP contribution in [0.25, 0.3) is 0 Å². The lowest BCUT2D eigenvalue weighted by atomic mass is 9.67. The lowest BCUT2D eigenvalue weighted by Crippen LogP contribution is -2.35. The number of methoxy groups -OCH3 is 4. The van der Waals surface area contributed by atoms with Crippen LogP contribution in [0.4, 0.5) is 4.79 Å². The molecule has 212 valence electrons. The molecule has 8 nitrogen and oxygen atoms in total. The molecule has 3 atom stereocenters. The molecule has 0 saturated heterocycles. The molecule has 0 heterocycles. The molecule has 40 heavy (non-hydrogen) atoms. The molecular weight excluding hydrogens is 512 g/mol. The second-order valence-corrected chi connectivity index (χ2v) is 9.89. The zero-order chi connectivity index (χ0) is 28.2. The summed E-state index contributed by atoms with van der Waals surface area (Å²) in [5.74, 6) is 2.93. The standard InChI is InChI=1S/C32H36O8/c1-6-38-32(33)40-26-14-24-23-17-29(35-3)31(37-5)30(36-4)21(23)13-12-20(26)22-16-28(27(34-2)15-25(22)24)39-18-19-10-8-7-9-11-19/h7-11,15-17,20,24,26H,6,12-14,18H2,1-5H3. The second-order valence-electron chi connectivity index (χ2n) is 9.89. The molecule has 0 radical (unpaired) electrons. The van der Waals surface area contributed by atoms with Gasteiger partial charge in [0, 0.05) is 17.4 Å². The maximum absolute atomic E-state index is 12.5. The van der Waals surface area contributed by atoms with Crippen LogP contribution in [0.3, 0.4) is 0 Å². The maximum Gasteiger partial charge on any atom is 0.508 e. The van der Waals surface area contributed by atoms with Gasteiger partial charge in [0.2, 0.25) is 5.75 Å². The highest BCUT2D eigenvalue weighted by molar-refractivity contribution is 5.65. The van der Waals surface area contributed by atoms with E-state index in [2.05, 4.69) is 12.1 Å². The molecular formula is C32H36O8. The van der Waals surface area contributed by atoms with Gasteiger partial charge >= 0.3 is 6.16 Å². The molecule has 0 spiro atoms. The van der Waals surface area contributed by atoms with Crippen molar-refractivity contribution >= 4 is 6.16 Å². The van der Waals surface area contributed by atoms with Crippen LogP contribution in [0.15, 0.2) is 48.5 Å². The topological polar surface area (TPSA) is 81.7 Å². The monoisotopic (exact) mass is 548 g/mol. The lowest BCUT2D eigenvalue weighted by Gasteiger charge is -2.41. The van der Waals surface area contributed by atoms with Crippen LogP contribution in [-0.4, -0.2) is 47.3 Å². The molecule has 3 aromatic carbocycles. The highest BCUT2D eigenvalue weighted by atomic mass is 16.7. The zero-order valence-electron chi connectivity index (χ0n) is 23.7. The molecule has 0 amide bonds. The van der Waals surface area contributed by atoms with Crippen LogP contribution >= 0.6 is 0 Å². The highest BCUT2D eigenvalue weighted by Crippen LogP contribution is 2.55. The normalized spacial score (nSPS) is 18.9. The Morgan fingerprint density at radius 2 is 1.52 bits per heavy atom. The Morgan fingerprint density at radius 1 is 0.825 bits per heavy atom. The third-order valence-electron chi connectivity index (χ3n) is 7.86. The van der Waals surface area contributed by atoms with E-state index in [0.717, 1.165) is 27.8 Å². The molecule has 3 unspecified atom stereocenters. The van der Waals surface area contributed by atoms with Gasteiger partial charge in [-0.15, -0.1) is 0 Å². The molecule has 0 aliphatic heterocycles. The van der Waals surface area contributed by atoms with Crippen LogP contribution in [0, 0.1) is 0 Å². The number of rotatable bonds is 9. The summed E-state index contributed by atoms with van der Waals surface area (Å²) in [6, 6.07) is 16.1. The smallest absolute Gasteiger partial charge is 0.493 e. The fraction of sp³-hybridized carbons (Fsp3) is 0.406. The minimum absolute atomic E-state index is 0.0772. The van der Waals surface area contributed by atoms with Gasteiger partial charge in [0.25, 0.3) is 0 Å². The fourth-order valence-electron chi connectivity index (χ4n) is 6.09. The first-order valence-electron chi connectivity index (χ1n) is 13.6. The van der Waals surface area contributed by atoms with E-state index in [0.29, 0.717) is 54.6 Å². The number of benzene rings is 3. The van der Waals surface area contributed by atoms with Crippen molar-refractivity contribution in [1.82, 2.24) is 0 Å². The van der Waals surface area contributed by atoms with E-state index in [1.165, 1.54) is 0 Å². The lowest BCUT2D eigenvalue weighted by molar-refractivity contribution is 0.00713. The van der Waals surface area contributed by atoms with Gasteiger partial charge < -0.3 is 33.2 Å².